The van der Waals surface area contributed by atoms with E-state index in [1.807, 2.05) is 0 Å². The van der Waals surface area contributed by atoms with Crippen LogP contribution in [-0.4, -0.2) is 11.1 Å². The summed E-state index contributed by atoms with van der Waals surface area (Å²) in [6, 6.07) is 0. The molecule has 0 saturated heterocycles. The van der Waals surface area contributed by atoms with E-state index in [9.17, 15) is 4.39 Å². The van der Waals surface area contributed by atoms with Gasteiger partial charge in [-0.3, -0.25) is 0 Å². The standard InChI is InChI=1S/CH2ClFO3/c2-1(3)5-6-4/h1,4H. The van der Waals surface area contributed by atoms with Crippen LogP contribution in [0, 0.1) is 0 Å². The van der Waals surface area contributed by atoms with Crippen LogP contribution in [0.5, 0.6) is 0 Å². The maximum Gasteiger partial charge on any atom is 0.308 e. The Bertz CT molecular complexity index is 32.0. The summed E-state index contributed by atoms with van der Waals surface area (Å²) in [4.78, 5) is 3.20. The average molecular weight is 116 g/mol. The first-order valence-electron chi connectivity index (χ1n) is 1.02. The van der Waals surface area contributed by atoms with Gasteiger partial charge in [-0.05, 0) is 0 Å². The molecule has 0 aliphatic heterocycles. The summed E-state index contributed by atoms with van der Waals surface area (Å²) in [6.45, 7) is 0. The molecule has 0 aromatic carbocycles. The first-order valence-corrected chi connectivity index (χ1v) is 1.46. The quantitative estimate of drug-likeness (QED) is 0.331. The van der Waals surface area contributed by atoms with Gasteiger partial charge < -0.3 is 0 Å². The van der Waals surface area contributed by atoms with Crippen LogP contribution >= 0.6 is 11.6 Å². The highest BCUT2D eigenvalue weighted by molar-refractivity contribution is 6.18. The van der Waals surface area contributed by atoms with Gasteiger partial charge in [-0.1, -0.05) is 16.6 Å². The van der Waals surface area contributed by atoms with Gasteiger partial charge in [0, 0.05) is 0 Å². The largest absolute Gasteiger partial charge is 0.308 e. The summed E-state index contributed by atoms with van der Waals surface area (Å²) >= 11 is 4.40. The fourth-order valence-electron chi connectivity index (χ4n) is 0.0325. The molecule has 0 saturated carbocycles. The molecule has 0 aromatic rings. The Hall–Kier alpha value is 0.100. The molecule has 1 N–H and O–H groups in total. The molecule has 3 nitrogen and oxygen atoms in total. The number of halogens is 2. The molecule has 0 spiro atoms. The Labute approximate surface area is 38.1 Å². The summed E-state index contributed by atoms with van der Waals surface area (Å²) in [5.74, 6) is -2.10. The van der Waals surface area contributed by atoms with E-state index < -0.39 is 5.82 Å². The third kappa shape index (κ3) is 4.10. The van der Waals surface area contributed by atoms with Crippen LogP contribution in [0.1, 0.15) is 0 Å². The van der Waals surface area contributed by atoms with Crippen molar-refractivity contribution < 1.29 is 19.6 Å². The number of alkyl halides is 2. The van der Waals surface area contributed by atoms with Crippen molar-refractivity contribution in [1.29, 1.82) is 0 Å². The minimum absolute atomic E-state index is 2.10. The first kappa shape index (κ1) is 6.10. The molecule has 1 atom stereocenters. The lowest BCUT2D eigenvalue weighted by atomic mass is 11.6. The van der Waals surface area contributed by atoms with Crippen molar-refractivity contribution in [3.05, 3.63) is 0 Å². The maximum absolute atomic E-state index is 11.0. The SMILES string of the molecule is OOOC(F)Cl. The third-order valence-corrected chi connectivity index (χ3v) is 0.189. The van der Waals surface area contributed by atoms with E-state index in [4.69, 9.17) is 5.26 Å². The normalized spacial score (nSPS) is 14.5. The Morgan fingerprint density at radius 1 is 1.83 bits per heavy atom. The molecule has 0 bridgehead atoms. The Morgan fingerprint density at radius 3 is 2.33 bits per heavy atom. The van der Waals surface area contributed by atoms with Gasteiger partial charge in [-0.2, -0.15) is 9.28 Å². The lowest BCUT2D eigenvalue weighted by Crippen LogP contribution is -1.94. The smallest absolute Gasteiger partial charge is 0.221 e. The van der Waals surface area contributed by atoms with E-state index in [1.54, 1.807) is 0 Å². The molecular weight excluding hydrogens is 114 g/mol. The van der Waals surface area contributed by atoms with Crippen molar-refractivity contribution in [1.82, 2.24) is 0 Å². The Balaban J connectivity index is 2.63. The molecule has 6 heavy (non-hydrogen) atoms. The topological polar surface area (TPSA) is 38.7 Å². The van der Waals surface area contributed by atoms with Gasteiger partial charge in [0.15, 0.2) is 0 Å². The van der Waals surface area contributed by atoms with E-state index in [1.165, 1.54) is 0 Å². The van der Waals surface area contributed by atoms with Crippen LogP contribution in [0.25, 0.3) is 0 Å². The zero-order valence-corrected chi connectivity index (χ0v) is 3.35. The molecule has 0 rings (SSSR count). The summed E-state index contributed by atoms with van der Waals surface area (Å²) in [5.41, 5.74) is 0. The highest BCUT2D eigenvalue weighted by atomic mass is 35.5. The van der Waals surface area contributed by atoms with E-state index in [-0.39, 0.29) is 0 Å². The zero-order chi connectivity index (χ0) is 4.99. The third-order valence-electron chi connectivity index (χ3n) is 0.116. The van der Waals surface area contributed by atoms with Crippen molar-refractivity contribution in [2.45, 2.75) is 5.82 Å². The molecule has 5 heteroatoms. The molecule has 1 unspecified atom stereocenters. The molecule has 0 heterocycles. The van der Waals surface area contributed by atoms with Crippen LogP contribution in [0.2, 0.25) is 0 Å². The molecule has 38 valence electrons. The van der Waals surface area contributed by atoms with Gasteiger partial charge in [-0.15, -0.1) is 0 Å². The van der Waals surface area contributed by atoms with Gasteiger partial charge in [0.1, 0.15) is 0 Å². The minimum Gasteiger partial charge on any atom is -0.221 e. The Morgan fingerprint density at radius 2 is 2.33 bits per heavy atom. The molecule has 0 aromatic heterocycles. The predicted octanol–water partition coefficient (Wildman–Crippen LogP) is 0.899. The minimum atomic E-state index is -2.10. The lowest BCUT2D eigenvalue weighted by molar-refractivity contribution is -0.507. The highest BCUT2D eigenvalue weighted by Crippen LogP contribution is 1.96. The molecule has 0 amide bonds. The van der Waals surface area contributed by atoms with Crippen LogP contribution < -0.4 is 0 Å². The van der Waals surface area contributed by atoms with E-state index in [0.29, 0.717) is 0 Å². The van der Waals surface area contributed by atoms with Crippen molar-refractivity contribution in [2.24, 2.45) is 0 Å². The van der Waals surface area contributed by atoms with Gasteiger partial charge in [0.25, 0.3) is 0 Å². The molecule has 0 aliphatic rings. The molecule has 0 radical (unpaired) electrons. The zero-order valence-electron chi connectivity index (χ0n) is 2.60. The van der Waals surface area contributed by atoms with Crippen molar-refractivity contribution in [3.63, 3.8) is 0 Å². The van der Waals surface area contributed by atoms with Gasteiger partial charge >= 0.3 is 5.82 Å². The molecule has 0 fully saturated rings. The van der Waals surface area contributed by atoms with E-state index >= 15 is 0 Å². The second-order valence-electron chi connectivity index (χ2n) is 0.431. The Kier molecular flexibility index (Phi) is 3.35. The average Bonchev–Trinajstić information content (AvgIpc) is 1.35. The summed E-state index contributed by atoms with van der Waals surface area (Å²) < 4.78 is 11.0. The molecule has 0 aliphatic carbocycles. The van der Waals surface area contributed by atoms with E-state index in [2.05, 4.69) is 21.5 Å². The second-order valence-corrected chi connectivity index (χ2v) is 0.775. The first-order chi connectivity index (χ1) is 2.77. The summed E-state index contributed by atoms with van der Waals surface area (Å²) in [5, 5.41) is 9.99. The maximum atomic E-state index is 11.0. The fraction of sp³-hybridized carbons (Fsp3) is 1.00. The van der Waals surface area contributed by atoms with Crippen molar-refractivity contribution in [3.8, 4) is 0 Å². The number of rotatable bonds is 2. The van der Waals surface area contributed by atoms with Crippen LogP contribution in [0.3, 0.4) is 0 Å². The van der Waals surface area contributed by atoms with Crippen molar-refractivity contribution in [2.75, 3.05) is 0 Å². The number of hydrogen-bond donors (Lipinski definition) is 1. The van der Waals surface area contributed by atoms with Crippen LogP contribution in [0.15, 0.2) is 0 Å². The summed E-state index contributed by atoms with van der Waals surface area (Å²) in [6.07, 6.45) is 0. The van der Waals surface area contributed by atoms with Gasteiger partial charge in [0.05, 0.1) is 0 Å². The molecular formula is CH2ClFO3. The van der Waals surface area contributed by atoms with Gasteiger partial charge in [0.2, 0.25) is 0 Å². The van der Waals surface area contributed by atoms with Crippen LogP contribution in [-0.2, 0) is 9.93 Å². The van der Waals surface area contributed by atoms with E-state index in [0.717, 1.165) is 0 Å². The fourth-order valence-corrected chi connectivity index (χ4v) is 0.0651. The summed E-state index contributed by atoms with van der Waals surface area (Å²) in [7, 11) is 0. The predicted molar refractivity (Wildman–Crippen MR) is 15.5 cm³/mol. The van der Waals surface area contributed by atoms with Gasteiger partial charge in [-0.25, -0.2) is 5.26 Å². The monoisotopic (exact) mass is 116 g/mol. The van der Waals surface area contributed by atoms with Crippen molar-refractivity contribution >= 4 is 11.6 Å². The highest BCUT2D eigenvalue weighted by Gasteiger charge is 1.96. The second kappa shape index (κ2) is 3.30. The lowest BCUT2D eigenvalue weighted by Gasteiger charge is -1.89. The van der Waals surface area contributed by atoms with Crippen LogP contribution in [0.4, 0.5) is 4.39 Å². The number of hydrogen-bond acceptors (Lipinski definition) is 3.